The summed E-state index contributed by atoms with van der Waals surface area (Å²) >= 11 is 0. The molecule has 2 atom stereocenters. The first-order valence-corrected chi connectivity index (χ1v) is 12.4. The summed E-state index contributed by atoms with van der Waals surface area (Å²) in [5.41, 5.74) is 4.32. The molecule has 5 heteroatoms. The number of nitrogens with one attached hydrogen (secondary N) is 1. The summed E-state index contributed by atoms with van der Waals surface area (Å²) in [6, 6.07) is 26.5. The number of anilines is 1. The molecular formula is C31H35NO4. The predicted molar refractivity (Wildman–Crippen MR) is 143 cm³/mol. The van der Waals surface area contributed by atoms with Gasteiger partial charge < -0.3 is 19.5 Å². The van der Waals surface area contributed by atoms with Gasteiger partial charge in [-0.15, -0.1) is 0 Å². The van der Waals surface area contributed by atoms with Crippen LogP contribution in [0.15, 0.2) is 90.5 Å². The number of hydrogen-bond donors (Lipinski definition) is 1. The molecule has 2 unspecified atom stereocenters. The molecule has 0 amide bonds. The lowest BCUT2D eigenvalue weighted by Crippen LogP contribution is -2.51. The Labute approximate surface area is 214 Å². The molecule has 0 fully saturated rings. The quantitative estimate of drug-likeness (QED) is 0.272. The number of esters is 1. The molecule has 3 aromatic rings. The zero-order valence-electron chi connectivity index (χ0n) is 21.5. The molecule has 1 aliphatic heterocycles. The maximum absolute atomic E-state index is 12.7. The highest BCUT2D eigenvalue weighted by molar-refractivity contribution is 5.83. The maximum atomic E-state index is 12.7. The van der Waals surface area contributed by atoms with Crippen molar-refractivity contribution in [2.24, 2.45) is 0 Å². The summed E-state index contributed by atoms with van der Waals surface area (Å²) in [5, 5.41) is 3.49. The molecule has 0 radical (unpaired) electrons. The van der Waals surface area contributed by atoms with Gasteiger partial charge in [0, 0.05) is 23.9 Å². The number of carbonyl (C=O) groups excluding carboxylic acids is 1. The highest BCUT2D eigenvalue weighted by atomic mass is 16.6. The van der Waals surface area contributed by atoms with E-state index in [-0.39, 0.29) is 0 Å². The van der Waals surface area contributed by atoms with Crippen LogP contribution in [0.4, 0.5) is 5.69 Å². The molecule has 0 saturated carbocycles. The van der Waals surface area contributed by atoms with Gasteiger partial charge >= 0.3 is 5.97 Å². The van der Waals surface area contributed by atoms with E-state index in [0.29, 0.717) is 13.2 Å². The van der Waals surface area contributed by atoms with Crippen molar-refractivity contribution in [3.63, 3.8) is 0 Å². The summed E-state index contributed by atoms with van der Waals surface area (Å²) in [6.07, 6.45) is 1.17. The Bertz CT molecular complexity index is 1180. The molecule has 4 rings (SSSR count). The summed E-state index contributed by atoms with van der Waals surface area (Å²) in [4.78, 5) is 12.7. The third kappa shape index (κ3) is 6.55. The first-order valence-electron chi connectivity index (χ1n) is 12.4. The van der Waals surface area contributed by atoms with Gasteiger partial charge in [-0.2, -0.15) is 0 Å². The lowest BCUT2D eigenvalue weighted by molar-refractivity contribution is -0.179. The molecule has 188 valence electrons. The van der Waals surface area contributed by atoms with Crippen molar-refractivity contribution >= 4 is 11.7 Å². The first-order chi connectivity index (χ1) is 17.3. The molecule has 36 heavy (non-hydrogen) atoms. The summed E-state index contributed by atoms with van der Waals surface area (Å²) in [5.74, 6) is 0.347. The van der Waals surface area contributed by atoms with Crippen LogP contribution in [0.5, 0.6) is 5.75 Å². The maximum Gasteiger partial charge on any atom is 0.331 e. The van der Waals surface area contributed by atoms with E-state index in [0.717, 1.165) is 29.0 Å². The van der Waals surface area contributed by atoms with E-state index in [2.05, 4.69) is 29.6 Å². The summed E-state index contributed by atoms with van der Waals surface area (Å²) in [6.45, 7) is 8.80. The van der Waals surface area contributed by atoms with Crippen LogP contribution in [-0.4, -0.2) is 24.3 Å². The molecule has 0 bridgehead atoms. The van der Waals surface area contributed by atoms with Crippen molar-refractivity contribution in [1.82, 2.24) is 0 Å². The van der Waals surface area contributed by atoms with Gasteiger partial charge in [0.2, 0.25) is 0 Å². The number of carbonyl (C=O) groups is 1. The predicted octanol–water partition coefficient (Wildman–Crippen LogP) is 6.65. The van der Waals surface area contributed by atoms with Crippen LogP contribution in [-0.2, 0) is 27.2 Å². The van der Waals surface area contributed by atoms with Crippen molar-refractivity contribution in [2.75, 3.05) is 11.9 Å². The first kappa shape index (κ1) is 25.5. The molecular weight excluding hydrogens is 450 g/mol. The van der Waals surface area contributed by atoms with E-state index < -0.39 is 23.8 Å². The number of rotatable bonds is 9. The number of ether oxygens (including phenoxy) is 3. The minimum absolute atomic E-state index is 0.393. The monoisotopic (exact) mass is 485 g/mol. The Balaban J connectivity index is 1.60. The smallest absolute Gasteiger partial charge is 0.331 e. The van der Waals surface area contributed by atoms with E-state index in [4.69, 9.17) is 14.2 Å². The SMILES string of the molecule is CC(C)=CC(=O)OC1C(OCCc2ccccc2)c2cc(NCc3ccccc3)ccc2OC1(C)C. The Kier molecular flexibility index (Phi) is 8.11. The van der Waals surface area contributed by atoms with E-state index in [1.165, 1.54) is 17.2 Å². The standard InChI is InChI=1S/C31H35NO4/c1-22(2)19-28(33)35-30-29(34-18-17-23-11-7-5-8-12-23)26-20-25(15-16-27(26)36-31(30,3)4)32-21-24-13-9-6-10-14-24/h5-16,19-20,29-30,32H,17-18,21H2,1-4H3. The van der Waals surface area contributed by atoms with Crippen molar-refractivity contribution in [3.05, 3.63) is 107 Å². The van der Waals surface area contributed by atoms with Gasteiger partial charge in [-0.1, -0.05) is 66.2 Å². The average molecular weight is 486 g/mol. The second-order valence-corrected chi connectivity index (χ2v) is 9.90. The van der Waals surface area contributed by atoms with E-state index in [1.54, 1.807) is 0 Å². The zero-order valence-corrected chi connectivity index (χ0v) is 21.5. The molecule has 1 N–H and O–H groups in total. The van der Waals surface area contributed by atoms with Crippen LogP contribution >= 0.6 is 0 Å². The molecule has 3 aromatic carbocycles. The van der Waals surface area contributed by atoms with Gasteiger partial charge in [-0.3, -0.25) is 0 Å². The summed E-state index contributed by atoms with van der Waals surface area (Å²) < 4.78 is 18.8. The van der Waals surface area contributed by atoms with Crippen LogP contribution in [0.3, 0.4) is 0 Å². The van der Waals surface area contributed by atoms with E-state index in [9.17, 15) is 4.79 Å². The van der Waals surface area contributed by atoms with Crippen molar-refractivity contribution in [2.45, 2.75) is 58.5 Å². The molecule has 1 heterocycles. The van der Waals surface area contributed by atoms with Gasteiger partial charge in [-0.05, 0) is 63.4 Å². The molecule has 0 spiro atoms. The van der Waals surface area contributed by atoms with Crippen molar-refractivity contribution < 1.29 is 19.0 Å². The lowest BCUT2D eigenvalue weighted by atomic mass is 9.87. The molecule has 0 saturated heterocycles. The molecule has 0 aromatic heterocycles. The molecule has 5 nitrogen and oxygen atoms in total. The van der Waals surface area contributed by atoms with Crippen LogP contribution < -0.4 is 10.1 Å². The topological polar surface area (TPSA) is 56.8 Å². The minimum atomic E-state index is -0.769. The number of hydrogen-bond acceptors (Lipinski definition) is 5. The Morgan fingerprint density at radius 2 is 1.64 bits per heavy atom. The van der Waals surface area contributed by atoms with Crippen LogP contribution in [0.2, 0.25) is 0 Å². The van der Waals surface area contributed by atoms with Crippen molar-refractivity contribution in [3.8, 4) is 5.75 Å². The van der Waals surface area contributed by atoms with Gasteiger partial charge in [0.25, 0.3) is 0 Å². The summed E-state index contributed by atoms with van der Waals surface area (Å²) in [7, 11) is 0. The van der Waals surface area contributed by atoms with Gasteiger partial charge in [0.15, 0.2) is 6.10 Å². The number of fused-ring (bicyclic) bond motifs is 1. The fourth-order valence-electron chi connectivity index (χ4n) is 4.37. The molecule has 0 aliphatic carbocycles. The number of allylic oxidation sites excluding steroid dienone is 1. The Hall–Kier alpha value is -3.57. The van der Waals surface area contributed by atoms with Crippen LogP contribution in [0.25, 0.3) is 0 Å². The van der Waals surface area contributed by atoms with Crippen molar-refractivity contribution in [1.29, 1.82) is 0 Å². The Morgan fingerprint density at radius 3 is 2.31 bits per heavy atom. The fraction of sp³-hybridized carbons (Fsp3) is 0.323. The third-order valence-corrected chi connectivity index (χ3v) is 6.17. The fourth-order valence-corrected chi connectivity index (χ4v) is 4.37. The number of benzene rings is 3. The van der Waals surface area contributed by atoms with Crippen LogP contribution in [0, 0.1) is 0 Å². The zero-order chi connectivity index (χ0) is 25.5. The highest BCUT2D eigenvalue weighted by Gasteiger charge is 2.47. The van der Waals surface area contributed by atoms with Gasteiger partial charge in [0.1, 0.15) is 17.5 Å². The van der Waals surface area contributed by atoms with Crippen LogP contribution in [0.1, 0.15) is 50.5 Å². The average Bonchev–Trinajstić information content (AvgIpc) is 2.85. The normalized spacial score (nSPS) is 17.9. The highest BCUT2D eigenvalue weighted by Crippen LogP contribution is 2.44. The second-order valence-electron chi connectivity index (χ2n) is 9.90. The van der Waals surface area contributed by atoms with Gasteiger partial charge in [0.05, 0.1) is 6.61 Å². The second kappa shape index (κ2) is 11.4. The van der Waals surface area contributed by atoms with Gasteiger partial charge in [-0.25, -0.2) is 4.79 Å². The minimum Gasteiger partial charge on any atom is -0.483 e. The van der Waals surface area contributed by atoms with E-state index >= 15 is 0 Å². The Morgan fingerprint density at radius 1 is 0.972 bits per heavy atom. The largest absolute Gasteiger partial charge is 0.483 e. The lowest BCUT2D eigenvalue weighted by Gasteiger charge is -2.43. The third-order valence-electron chi connectivity index (χ3n) is 6.17. The molecule has 1 aliphatic rings. The van der Waals surface area contributed by atoms with E-state index in [1.807, 2.05) is 82.3 Å².